The Balaban J connectivity index is 2.35. The topological polar surface area (TPSA) is 226 Å². The van der Waals surface area contributed by atoms with Crippen molar-refractivity contribution in [3.63, 3.8) is 0 Å². The van der Waals surface area contributed by atoms with Crippen molar-refractivity contribution < 1.29 is 47.6 Å². The van der Waals surface area contributed by atoms with Crippen LogP contribution in [0.15, 0.2) is 42.5 Å². The number of ether oxygens (including phenoxy) is 6. The van der Waals surface area contributed by atoms with Crippen LogP contribution in [0.3, 0.4) is 0 Å². The predicted octanol–water partition coefficient (Wildman–Crippen LogP) is 7.38. The van der Waals surface area contributed by atoms with Gasteiger partial charge in [0.2, 0.25) is 11.9 Å². The molecule has 0 saturated carbocycles. The predicted molar refractivity (Wildman–Crippen MR) is 208 cm³/mol. The zero-order valence-electron chi connectivity index (χ0n) is 34.3. The smallest absolute Gasteiger partial charge is 0.417 e. The Morgan fingerprint density at radius 1 is 0.607 bits per heavy atom. The highest BCUT2D eigenvalue weighted by atomic mass is 16.6. The molecule has 0 radical (unpaired) electrons. The number of nitrogens with zero attached hydrogens (tertiary/aromatic N) is 3. The third kappa shape index (κ3) is 16.5. The van der Waals surface area contributed by atoms with Crippen LogP contribution < -0.4 is 20.1 Å². The third-order valence-electron chi connectivity index (χ3n) is 6.44. The highest BCUT2D eigenvalue weighted by molar-refractivity contribution is 6.00. The number of hydrogen-bond donors (Lipinski definition) is 4. The van der Waals surface area contributed by atoms with Gasteiger partial charge in [-0.2, -0.15) is 5.26 Å². The largest absolute Gasteiger partial charge is 0.491 e. The molecule has 0 saturated heterocycles. The molecule has 2 aromatic rings. The molecule has 0 aromatic heterocycles. The van der Waals surface area contributed by atoms with Crippen molar-refractivity contribution in [1.82, 2.24) is 20.4 Å². The van der Waals surface area contributed by atoms with E-state index in [1.54, 1.807) is 119 Å². The fourth-order valence-electron chi connectivity index (χ4n) is 4.40. The highest BCUT2D eigenvalue weighted by Gasteiger charge is 2.30. The summed E-state index contributed by atoms with van der Waals surface area (Å²) >= 11 is 0. The average Bonchev–Trinajstić information content (AvgIpc) is 3.01. The average molecular weight is 782 g/mol. The number of guanidine groups is 2. The molecule has 4 N–H and O–H groups in total. The van der Waals surface area contributed by atoms with Gasteiger partial charge in [0, 0.05) is 11.1 Å². The maximum Gasteiger partial charge on any atom is 0.417 e. The number of carbonyl (C=O) groups is 4. The van der Waals surface area contributed by atoms with Crippen molar-refractivity contribution in [3.05, 3.63) is 48.0 Å². The van der Waals surface area contributed by atoms with Gasteiger partial charge in [0.25, 0.3) is 0 Å². The molecule has 17 heteroatoms. The van der Waals surface area contributed by atoms with Crippen LogP contribution >= 0.6 is 0 Å². The molecule has 17 nitrogen and oxygen atoms in total. The van der Waals surface area contributed by atoms with Gasteiger partial charge in [-0.1, -0.05) is 18.2 Å². The molecule has 0 fully saturated rings. The summed E-state index contributed by atoms with van der Waals surface area (Å²) < 4.78 is 33.6. The first-order valence-corrected chi connectivity index (χ1v) is 17.8. The first kappa shape index (κ1) is 46.1. The number of benzene rings is 2. The minimum absolute atomic E-state index is 0.154. The maximum absolute atomic E-state index is 13.1. The summed E-state index contributed by atoms with van der Waals surface area (Å²) in [4.78, 5) is 52.8. The molecule has 0 spiro atoms. The molecule has 0 atom stereocenters. The van der Waals surface area contributed by atoms with Crippen LogP contribution in [0.4, 0.5) is 19.2 Å². The van der Waals surface area contributed by atoms with Gasteiger partial charge >= 0.3 is 24.4 Å². The summed E-state index contributed by atoms with van der Waals surface area (Å²) in [6, 6.07) is 13.7. The van der Waals surface area contributed by atoms with Crippen molar-refractivity contribution in [1.29, 1.82) is 16.1 Å². The van der Waals surface area contributed by atoms with Crippen molar-refractivity contribution in [3.8, 4) is 28.7 Å². The van der Waals surface area contributed by atoms with Crippen molar-refractivity contribution in [2.24, 2.45) is 0 Å². The highest BCUT2D eigenvalue weighted by Crippen LogP contribution is 2.37. The standard InChI is InChI=1S/C39H55N7O10/c1-36(2,3)53-32(47)43-30(41)45(34(49)55-38(7,8)9)19-21-51-28-16-14-13-15-26(28)27-18-17-25(24-40)23-29(27)52-22-20-46(35(50)56-39(10,11)12)31(42)44-33(48)54-37(4,5)6/h13-18,23H,19-22H2,1-12H3,(H2,41,43,47)(H2,42,44,48). The third-order valence-corrected chi connectivity index (χ3v) is 6.44. The number of amides is 4. The van der Waals surface area contributed by atoms with E-state index in [1.165, 1.54) is 6.07 Å². The van der Waals surface area contributed by atoms with E-state index in [9.17, 15) is 24.4 Å². The van der Waals surface area contributed by atoms with E-state index >= 15 is 0 Å². The van der Waals surface area contributed by atoms with Crippen LogP contribution in [0.1, 0.15) is 88.6 Å². The van der Waals surface area contributed by atoms with Crippen LogP contribution in [0.5, 0.6) is 11.5 Å². The normalized spacial score (nSPS) is 11.6. The van der Waals surface area contributed by atoms with Crippen LogP contribution in [-0.2, 0) is 18.9 Å². The molecule has 0 aliphatic heterocycles. The Morgan fingerprint density at radius 2 is 1.00 bits per heavy atom. The summed E-state index contributed by atoms with van der Waals surface area (Å²) in [6.07, 6.45) is -3.68. The summed E-state index contributed by atoms with van der Waals surface area (Å²) in [7, 11) is 0. The second-order valence-electron chi connectivity index (χ2n) is 16.2. The van der Waals surface area contributed by atoms with E-state index in [2.05, 4.69) is 16.7 Å². The molecule has 4 amide bonds. The molecule has 0 heterocycles. The van der Waals surface area contributed by atoms with Crippen molar-refractivity contribution in [2.45, 2.75) is 105 Å². The Morgan fingerprint density at radius 3 is 1.41 bits per heavy atom. The molecule has 306 valence electrons. The van der Waals surface area contributed by atoms with E-state index in [0.29, 0.717) is 16.9 Å². The molecule has 0 aliphatic carbocycles. The van der Waals surface area contributed by atoms with Crippen molar-refractivity contribution in [2.75, 3.05) is 26.3 Å². The lowest BCUT2D eigenvalue weighted by atomic mass is 10.0. The summed E-state index contributed by atoms with van der Waals surface area (Å²) in [5.41, 5.74) is -2.23. The van der Waals surface area contributed by atoms with Gasteiger partial charge in [-0.15, -0.1) is 0 Å². The molecule has 0 aliphatic rings. The number of rotatable bonds is 9. The van der Waals surface area contributed by atoms with Crippen LogP contribution in [0.25, 0.3) is 11.1 Å². The van der Waals surface area contributed by atoms with E-state index < -0.39 is 58.7 Å². The second-order valence-corrected chi connectivity index (χ2v) is 16.2. The number of carbonyl (C=O) groups excluding carboxylic acids is 4. The molecular formula is C39H55N7O10. The second kappa shape index (κ2) is 19.0. The maximum atomic E-state index is 13.1. The molecular weight excluding hydrogens is 726 g/mol. The fourth-order valence-corrected chi connectivity index (χ4v) is 4.40. The van der Waals surface area contributed by atoms with E-state index in [1.807, 2.05) is 0 Å². The molecule has 0 bridgehead atoms. The first-order chi connectivity index (χ1) is 25.7. The SMILES string of the molecule is CC(C)(C)OC(=O)NC(=N)N(CCOc1ccccc1-c1ccc(C#N)cc1OCCN(C(=N)NC(=O)OC(C)(C)C)C(=O)OC(C)(C)C)C(=O)OC(C)(C)C. The number of hydrogen-bond acceptors (Lipinski definition) is 13. The van der Waals surface area contributed by atoms with Gasteiger partial charge < -0.3 is 28.4 Å². The molecule has 0 unspecified atom stereocenters. The molecule has 2 rings (SSSR count). The van der Waals surface area contributed by atoms with Gasteiger partial charge in [-0.25, -0.2) is 29.0 Å². The van der Waals surface area contributed by atoms with Crippen LogP contribution in [0.2, 0.25) is 0 Å². The lowest BCUT2D eigenvalue weighted by molar-refractivity contribution is 0.0324. The van der Waals surface area contributed by atoms with Gasteiger partial charge in [-0.05, 0) is 107 Å². The number of nitrogens with one attached hydrogen (secondary N) is 4. The van der Waals surface area contributed by atoms with Crippen molar-refractivity contribution >= 4 is 36.3 Å². The zero-order valence-corrected chi connectivity index (χ0v) is 34.3. The fraction of sp³-hybridized carbons (Fsp3) is 0.513. The summed E-state index contributed by atoms with van der Waals surface area (Å²) in [6.45, 7) is 19.1. The van der Waals surface area contributed by atoms with Crippen LogP contribution in [0, 0.1) is 22.1 Å². The number of para-hydroxylation sites is 1. The zero-order chi connectivity index (χ0) is 42.6. The Labute approximate surface area is 328 Å². The lowest BCUT2D eigenvalue weighted by Crippen LogP contribution is -2.50. The van der Waals surface area contributed by atoms with Gasteiger partial charge in [0.05, 0.1) is 24.7 Å². The Bertz CT molecular complexity index is 1790. The lowest BCUT2D eigenvalue weighted by Gasteiger charge is -2.28. The summed E-state index contributed by atoms with van der Waals surface area (Å²) in [5, 5.41) is 31.1. The number of nitriles is 1. The Kier molecular flexibility index (Phi) is 15.6. The monoisotopic (exact) mass is 781 g/mol. The Hall–Kier alpha value is -6.05. The molecule has 2 aromatic carbocycles. The van der Waals surface area contributed by atoms with E-state index in [-0.39, 0.29) is 37.6 Å². The van der Waals surface area contributed by atoms with E-state index in [0.717, 1.165) is 9.80 Å². The minimum atomic E-state index is -0.942. The van der Waals surface area contributed by atoms with Crippen LogP contribution in [-0.4, -0.2) is 94.8 Å². The van der Waals surface area contributed by atoms with Gasteiger partial charge in [0.1, 0.15) is 47.1 Å². The summed E-state index contributed by atoms with van der Waals surface area (Å²) in [5.74, 6) is -0.606. The molecule has 56 heavy (non-hydrogen) atoms. The van der Waals surface area contributed by atoms with E-state index in [4.69, 9.17) is 39.2 Å². The quantitative estimate of drug-likeness (QED) is 0.112. The minimum Gasteiger partial charge on any atom is -0.491 e. The van der Waals surface area contributed by atoms with Gasteiger partial charge in [0.15, 0.2) is 0 Å². The first-order valence-electron chi connectivity index (χ1n) is 17.8. The number of alkyl carbamates (subject to hydrolysis) is 2. The van der Waals surface area contributed by atoms with Gasteiger partial charge in [-0.3, -0.25) is 21.5 Å².